The van der Waals surface area contributed by atoms with Gasteiger partial charge in [0.05, 0.1) is 6.42 Å². The summed E-state index contributed by atoms with van der Waals surface area (Å²) in [5.41, 5.74) is 0.800. The molecular weight excluding hydrogens is 251 g/mol. The number of aromatic nitrogens is 1. The first kappa shape index (κ1) is 13.1. The number of halogens is 1. The number of rotatable bonds is 4. The molecule has 1 amide bonds. The zero-order valence-electron chi connectivity index (χ0n) is 10.2. The maximum Gasteiger partial charge on any atom is 0.305 e. The number of hydrogen-bond donors (Lipinski definition) is 3. The summed E-state index contributed by atoms with van der Waals surface area (Å²) in [6.45, 7) is 1.61. The first-order chi connectivity index (χ1) is 8.95. The second kappa shape index (κ2) is 5.09. The van der Waals surface area contributed by atoms with E-state index in [1.54, 1.807) is 19.1 Å². The Morgan fingerprint density at radius 3 is 2.84 bits per heavy atom. The molecule has 0 saturated carbocycles. The molecular formula is C13H13FN2O3. The van der Waals surface area contributed by atoms with Crippen molar-refractivity contribution in [3.63, 3.8) is 0 Å². The lowest BCUT2D eigenvalue weighted by Gasteiger charge is -2.10. The number of carbonyl (C=O) groups excluding carboxylic acids is 1. The van der Waals surface area contributed by atoms with Gasteiger partial charge in [-0.25, -0.2) is 4.39 Å². The molecule has 3 N–H and O–H groups in total. The van der Waals surface area contributed by atoms with E-state index in [1.807, 2.05) is 0 Å². The molecule has 0 bridgehead atoms. The van der Waals surface area contributed by atoms with E-state index in [-0.39, 0.29) is 17.9 Å². The lowest BCUT2D eigenvalue weighted by molar-refractivity contribution is -0.137. The SMILES string of the molecule is CC(CC(=O)O)NC(=O)c1cc2ccc(F)cc2[nH]1. The first-order valence-corrected chi connectivity index (χ1v) is 5.76. The molecule has 1 unspecified atom stereocenters. The number of benzene rings is 1. The van der Waals surface area contributed by atoms with Crippen LogP contribution in [0.5, 0.6) is 0 Å². The summed E-state index contributed by atoms with van der Waals surface area (Å²) in [5.74, 6) is -1.78. The summed E-state index contributed by atoms with van der Waals surface area (Å²) < 4.78 is 13.0. The van der Waals surface area contributed by atoms with Crippen LogP contribution in [0.4, 0.5) is 4.39 Å². The minimum Gasteiger partial charge on any atom is -0.481 e. The summed E-state index contributed by atoms with van der Waals surface area (Å²) in [4.78, 5) is 25.2. The lowest BCUT2D eigenvalue weighted by Crippen LogP contribution is -2.34. The molecule has 6 heteroatoms. The highest BCUT2D eigenvalue weighted by molar-refractivity contribution is 5.98. The van der Waals surface area contributed by atoms with Crippen LogP contribution in [0.25, 0.3) is 10.9 Å². The Morgan fingerprint density at radius 2 is 2.16 bits per heavy atom. The normalized spacial score (nSPS) is 12.3. The largest absolute Gasteiger partial charge is 0.481 e. The molecule has 0 aliphatic heterocycles. The molecule has 100 valence electrons. The summed E-state index contributed by atoms with van der Waals surface area (Å²) in [7, 11) is 0. The highest BCUT2D eigenvalue weighted by Gasteiger charge is 2.14. The van der Waals surface area contributed by atoms with Crippen LogP contribution in [0, 0.1) is 5.82 Å². The van der Waals surface area contributed by atoms with Crippen LogP contribution in [0.2, 0.25) is 0 Å². The predicted octanol–water partition coefficient (Wildman–Crippen LogP) is 1.90. The van der Waals surface area contributed by atoms with Crippen molar-refractivity contribution in [3.05, 3.63) is 35.8 Å². The summed E-state index contributed by atoms with van der Waals surface area (Å²) in [6.07, 6.45) is -0.152. The summed E-state index contributed by atoms with van der Waals surface area (Å²) in [5, 5.41) is 11.9. The Kier molecular flexibility index (Phi) is 3.50. The predicted molar refractivity (Wildman–Crippen MR) is 67.4 cm³/mol. The van der Waals surface area contributed by atoms with E-state index in [4.69, 9.17) is 5.11 Å². The molecule has 5 nitrogen and oxygen atoms in total. The van der Waals surface area contributed by atoms with Crippen molar-refractivity contribution in [1.29, 1.82) is 0 Å². The van der Waals surface area contributed by atoms with Gasteiger partial charge in [0.25, 0.3) is 5.91 Å². The van der Waals surface area contributed by atoms with Crippen LogP contribution in [0.3, 0.4) is 0 Å². The van der Waals surface area contributed by atoms with Crippen molar-refractivity contribution in [2.24, 2.45) is 0 Å². The zero-order chi connectivity index (χ0) is 14.0. The van der Waals surface area contributed by atoms with Gasteiger partial charge in [-0.3, -0.25) is 9.59 Å². The average molecular weight is 264 g/mol. The fourth-order valence-corrected chi connectivity index (χ4v) is 1.84. The van der Waals surface area contributed by atoms with Crippen molar-refractivity contribution in [2.75, 3.05) is 0 Å². The lowest BCUT2D eigenvalue weighted by atomic mass is 10.2. The van der Waals surface area contributed by atoms with Gasteiger partial charge in [0.15, 0.2) is 0 Å². The van der Waals surface area contributed by atoms with Crippen LogP contribution < -0.4 is 5.32 Å². The third kappa shape index (κ3) is 3.09. The molecule has 0 aliphatic rings. The summed E-state index contributed by atoms with van der Waals surface area (Å²) in [6, 6.07) is 5.29. The number of carbonyl (C=O) groups is 2. The van der Waals surface area contributed by atoms with Crippen LogP contribution in [-0.2, 0) is 4.79 Å². The third-order valence-electron chi connectivity index (χ3n) is 2.69. The van der Waals surface area contributed by atoms with E-state index >= 15 is 0 Å². The van der Waals surface area contributed by atoms with E-state index in [0.717, 1.165) is 5.39 Å². The number of nitrogens with one attached hydrogen (secondary N) is 2. The summed E-state index contributed by atoms with van der Waals surface area (Å²) >= 11 is 0. The molecule has 0 fully saturated rings. The van der Waals surface area contributed by atoms with E-state index in [0.29, 0.717) is 5.52 Å². The van der Waals surface area contributed by atoms with E-state index in [2.05, 4.69) is 10.3 Å². The van der Waals surface area contributed by atoms with Gasteiger partial charge >= 0.3 is 5.97 Å². The highest BCUT2D eigenvalue weighted by atomic mass is 19.1. The fraction of sp³-hybridized carbons (Fsp3) is 0.231. The van der Waals surface area contributed by atoms with E-state index < -0.39 is 17.9 Å². The molecule has 1 atom stereocenters. The minimum atomic E-state index is -0.980. The molecule has 0 radical (unpaired) electrons. The Morgan fingerprint density at radius 1 is 1.42 bits per heavy atom. The molecule has 0 aliphatic carbocycles. The third-order valence-corrected chi connectivity index (χ3v) is 2.69. The molecule has 2 aromatic rings. The fourth-order valence-electron chi connectivity index (χ4n) is 1.84. The maximum atomic E-state index is 13.0. The van der Waals surface area contributed by atoms with Crippen LogP contribution in [-0.4, -0.2) is 28.0 Å². The first-order valence-electron chi connectivity index (χ1n) is 5.76. The van der Waals surface area contributed by atoms with Crippen molar-refractivity contribution < 1.29 is 19.1 Å². The van der Waals surface area contributed by atoms with Gasteiger partial charge in [-0.15, -0.1) is 0 Å². The number of amides is 1. The van der Waals surface area contributed by atoms with Gasteiger partial charge in [0.1, 0.15) is 11.5 Å². The van der Waals surface area contributed by atoms with Crippen molar-refractivity contribution in [3.8, 4) is 0 Å². The van der Waals surface area contributed by atoms with Gasteiger partial charge in [0, 0.05) is 16.9 Å². The molecule has 0 saturated heterocycles. The number of hydrogen-bond acceptors (Lipinski definition) is 2. The number of fused-ring (bicyclic) bond motifs is 1. The molecule has 0 spiro atoms. The van der Waals surface area contributed by atoms with Gasteiger partial charge in [0.2, 0.25) is 0 Å². The van der Waals surface area contributed by atoms with Crippen molar-refractivity contribution in [2.45, 2.75) is 19.4 Å². The number of H-pyrrole nitrogens is 1. The Bertz CT molecular complexity index is 636. The number of aliphatic carboxylic acids is 1. The number of aromatic amines is 1. The highest BCUT2D eigenvalue weighted by Crippen LogP contribution is 2.16. The maximum absolute atomic E-state index is 13.0. The van der Waals surface area contributed by atoms with Gasteiger partial charge in [-0.05, 0) is 31.2 Å². The quantitative estimate of drug-likeness (QED) is 0.788. The zero-order valence-corrected chi connectivity index (χ0v) is 10.2. The number of carboxylic acid groups (broad SMARTS) is 1. The Hall–Kier alpha value is -2.37. The van der Waals surface area contributed by atoms with E-state index in [9.17, 15) is 14.0 Å². The Balaban J connectivity index is 2.15. The smallest absolute Gasteiger partial charge is 0.305 e. The molecule has 1 aromatic carbocycles. The second-order valence-electron chi connectivity index (χ2n) is 4.39. The average Bonchev–Trinajstić information content (AvgIpc) is 2.70. The van der Waals surface area contributed by atoms with E-state index in [1.165, 1.54) is 12.1 Å². The standard InChI is InChI=1S/C13H13FN2O3/c1-7(4-12(17)18)15-13(19)11-5-8-2-3-9(14)6-10(8)16-11/h2-3,5-7,16H,4H2,1H3,(H,15,19)(H,17,18). The topological polar surface area (TPSA) is 82.2 Å². The second-order valence-corrected chi connectivity index (χ2v) is 4.39. The number of carboxylic acids is 1. The van der Waals surface area contributed by atoms with Crippen LogP contribution >= 0.6 is 0 Å². The van der Waals surface area contributed by atoms with Crippen molar-refractivity contribution >= 4 is 22.8 Å². The molecule has 1 heterocycles. The molecule has 1 aromatic heterocycles. The van der Waals surface area contributed by atoms with Crippen LogP contribution in [0.1, 0.15) is 23.8 Å². The monoisotopic (exact) mass is 264 g/mol. The van der Waals surface area contributed by atoms with Crippen molar-refractivity contribution in [1.82, 2.24) is 10.3 Å². The van der Waals surface area contributed by atoms with Gasteiger partial charge in [-0.1, -0.05) is 0 Å². The van der Waals surface area contributed by atoms with Gasteiger partial charge < -0.3 is 15.4 Å². The Labute approximate surface area is 108 Å². The molecule has 2 rings (SSSR count). The molecule has 19 heavy (non-hydrogen) atoms. The minimum absolute atomic E-state index is 0.152. The van der Waals surface area contributed by atoms with Crippen LogP contribution in [0.15, 0.2) is 24.3 Å². The van der Waals surface area contributed by atoms with Gasteiger partial charge in [-0.2, -0.15) is 0 Å².